The predicted molar refractivity (Wildman–Crippen MR) is 75.9 cm³/mol. The van der Waals surface area contributed by atoms with Crippen LogP contribution in [0.25, 0.3) is 0 Å². The van der Waals surface area contributed by atoms with Gasteiger partial charge in [0.1, 0.15) is 0 Å². The Morgan fingerprint density at radius 3 is 2.18 bits per heavy atom. The van der Waals surface area contributed by atoms with Crippen molar-refractivity contribution in [1.29, 1.82) is 0 Å². The molecule has 0 radical (unpaired) electrons. The summed E-state index contributed by atoms with van der Waals surface area (Å²) in [6.07, 6.45) is 6.04. The lowest BCUT2D eigenvalue weighted by Crippen LogP contribution is -2.32. The fourth-order valence-corrected chi connectivity index (χ4v) is 4.92. The first-order valence-electron chi connectivity index (χ1n) is 7.80. The Bertz CT molecular complexity index is 258. The minimum Gasteiger partial charge on any atom is -0.0625 e. The molecule has 2 fully saturated rings. The summed E-state index contributed by atoms with van der Waals surface area (Å²) < 4.78 is 0. The Hall–Kier alpha value is 0. The highest BCUT2D eigenvalue weighted by molar-refractivity contribution is 4.98. The van der Waals surface area contributed by atoms with Crippen LogP contribution in [0.1, 0.15) is 67.2 Å². The molecule has 0 aromatic carbocycles. The van der Waals surface area contributed by atoms with Crippen molar-refractivity contribution in [2.75, 3.05) is 0 Å². The first-order valence-corrected chi connectivity index (χ1v) is 7.80. The van der Waals surface area contributed by atoms with Gasteiger partial charge in [0.15, 0.2) is 0 Å². The summed E-state index contributed by atoms with van der Waals surface area (Å²) in [6, 6.07) is 0. The average Bonchev–Trinajstić information content (AvgIpc) is 2.55. The third kappa shape index (κ3) is 2.56. The van der Waals surface area contributed by atoms with Gasteiger partial charge in [-0.1, -0.05) is 48.0 Å². The van der Waals surface area contributed by atoms with Crippen LogP contribution in [-0.2, 0) is 0 Å². The Morgan fingerprint density at radius 2 is 1.65 bits per heavy atom. The average molecular weight is 236 g/mol. The van der Waals surface area contributed by atoms with Crippen LogP contribution >= 0.6 is 0 Å². The van der Waals surface area contributed by atoms with Crippen molar-refractivity contribution in [2.24, 2.45) is 40.9 Å². The molecule has 100 valence electrons. The summed E-state index contributed by atoms with van der Waals surface area (Å²) in [5.74, 6) is 5.91. The monoisotopic (exact) mass is 236 g/mol. The van der Waals surface area contributed by atoms with Gasteiger partial charge in [0.2, 0.25) is 0 Å². The van der Waals surface area contributed by atoms with E-state index < -0.39 is 0 Å². The molecule has 0 amide bonds. The lowest BCUT2D eigenvalue weighted by Gasteiger charge is -2.39. The van der Waals surface area contributed by atoms with Gasteiger partial charge in [-0.25, -0.2) is 0 Å². The van der Waals surface area contributed by atoms with Gasteiger partial charge in [0.25, 0.3) is 0 Å². The molecule has 0 aromatic heterocycles. The fourth-order valence-electron chi connectivity index (χ4n) is 4.92. The molecule has 0 aliphatic heterocycles. The molecule has 0 N–H and O–H groups in total. The summed E-state index contributed by atoms with van der Waals surface area (Å²) >= 11 is 0. The van der Waals surface area contributed by atoms with E-state index in [0.717, 1.165) is 35.5 Å². The Kier molecular flexibility index (Phi) is 3.63. The van der Waals surface area contributed by atoms with Gasteiger partial charge in [0, 0.05) is 0 Å². The minimum atomic E-state index is 0.509. The van der Waals surface area contributed by atoms with E-state index in [2.05, 4.69) is 41.5 Å². The molecule has 2 rings (SSSR count). The summed E-state index contributed by atoms with van der Waals surface area (Å²) in [5, 5.41) is 0. The lowest BCUT2D eigenvalue weighted by atomic mass is 9.67. The lowest BCUT2D eigenvalue weighted by molar-refractivity contribution is 0.103. The van der Waals surface area contributed by atoms with E-state index in [4.69, 9.17) is 0 Å². The van der Waals surface area contributed by atoms with Gasteiger partial charge < -0.3 is 0 Å². The summed E-state index contributed by atoms with van der Waals surface area (Å²) in [7, 11) is 0. The maximum atomic E-state index is 2.47. The maximum absolute atomic E-state index is 2.47. The Balaban J connectivity index is 2.21. The van der Waals surface area contributed by atoms with Crippen molar-refractivity contribution in [3.05, 3.63) is 0 Å². The number of hydrogen-bond acceptors (Lipinski definition) is 0. The molecule has 0 spiro atoms. The van der Waals surface area contributed by atoms with Crippen LogP contribution in [0, 0.1) is 40.9 Å². The second-order valence-corrected chi connectivity index (χ2v) is 8.37. The normalized spacial score (nSPS) is 42.9. The molecule has 2 aliphatic carbocycles. The highest BCUT2D eigenvalue weighted by atomic mass is 14.5. The molecule has 2 aliphatic rings. The molecule has 2 saturated carbocycles. The molecule has 17 heavy (non-hydrogen) atoms. The standard InChI is InChI=1S/C17H32/c1-11(2)16-14-9-12(3)7-8-13(14)10-15(16)17(4,5)6/h11-16H,7-10H2,1-6H3. The van der Waals surface area contributed by atoms with Gasteiger partial charge in [-0.3, -0.25) is 0 Å². The van der Waals surface area contributed by atoms with E-state index in [1.807, 2.05) is 0 Å². The minimum absolute atomic E-state index is 0.509. The molecule has 0 nitrogen and oxygen atoms in total. The molecule has 0 heteroatoms. The van der Waals surface area contributed by atoms with E-state index in [-0.39, 0.29) is 0 Å². The topological polar surface area (TPSA) is 0 Å². The highest BCUT2D eigenvalue weighted by Crippen LogP contribution is 2.57. The van der Waals surface area contributed by atoms with Crippen LogP contribution in [0.5, 0.6) is 0 Å². The zero-order chi connectivity index (χ0) is 12.8. The summed E-state index contributed by atoms with van der Waals surface area (Å²) in [6.45, 7) is 14.8. The number of fused-ring (bicyclic) bond motifs is 1. The summed E-state index contributed by atoms with van der Waals surface area (Å²) in [4.78, 5) is 0. The van der Waals surface area contributed by atoms with Gasteiger partial charge in [-0.2, -0.15) is 0 Å². The Labute approximate surface area is 109 Å². The number of rotatable bonds is 1. The van der Waals surface area contributed by atoms with Gasteiger partial charge in [-0.05, 0) is 60.2 Å². The molecule has 0 saturated heterocycles. The second-order valence-electron chi connectivity index (χ2n) is 8.37. The summed E-state index contributed by atoms with van der Waals surface area (Å²) in [5.41, 5.74) is 0.509. The van der Waals surface area contributed by atoms with Gasteiger partial charge in [0.05, 0.1) is 0 Å². The zero-order valence-electron chi connectivity index (χ0n) is 12.8. The van der Waals surface area contributed by atoms with Crippen molar-refractivity contribution in [1.82, 2.24) is 0 Å². The van der Waals surface area contributed by atoms with E-state index >= 15 is 0 Å². The molecule has 5 atom stereocenters. The van der Waals surface area contributed by atoms with Crippen molar-refractivity contribution in [3.8, 4) is 0 Å². The van der Waals surface area contributed by atoms with Crippen LogP contribution < -0.4 is 0 Å². The molecular weight excluding hydrogens is 204 g/mol. The van der Waals surface area contributed by atoms with E-state index in [1.165, 1.54) is 25.7 Å². The van der Waals surface area contributed by atoms with Crippen molar-refractivity contribution < 1.29 is 0 Å². The van der Waals surface area contributed by atoms with Crippen LogP contribution in [0.15, 0.2) is 0 Å². The molecule has 0 aromatic rings. The van der Waals surface area contributed by atoms with Crippen molar-refractivity contribution in [3.63, 3.8) is 0 Å². The maximum Gasteiger partial charge on any atom is -0.0326 e. The molecular formula is C17H32. The van der Waals surface area contributed by atoms with Crippen LogP contribution in [0.4, 0.5) is 0 Å². The quantitative estimate of drug-likeness (QED) is 0.573. The van der Waals surface area contributed by atoms with Gasteiger partial charge in [-0.15, -0.1) is 0 Å². The first-order chi connectivity index (χ1) is 7.80. The second kappa shape index (κ2) is 4.59. The third-order valence-electron chi connectivity index (χ3n) is 5.71. The first kappa shape index (κ1) is 13.4. The molecule has 0 bridgehead atoms. The smallest absolute Gasteiger partial charge is 0.0326 e. The molecule has 5 unspecified atom stereocenters. The van der Waals surface area contributed by atoms with E-state index in [0.29, 0.717) is 5.41 Å². The SMILES string of the molecule is CC1CCC2CC(C(C)(C)C)C(C(C)C)C2C1. The highest BCUT2D eigenvalue weighted by Gasteiger charge is 2.49. The zero-order valence-corrected chi connectivity index (χ0v) is 12.8. The van der Waals surface area contributed by atoms with E-state index in [9.17, 15) is 0 Å². The number of hydrogen-bond donors (Lipinski definition) is 0. The predicted octanol–water partition coefficient (Wildman–Crippen LogP) is 5.38. The third-order valence-corrected chi connectivity index (χ3v) is 5.71. The fraction of sp³-hybridized carbons (Fsp3) is 1.00. The van der Waals surface area contributed by atoms with Crippen molar-refractivity contribution >= 4 is 0 Å². The molecule has 0 heterocycles. The largest absolute Gasteiger partial charge is 0.0625 e. The van der Waals surface area contributed by atoms with Crippen LogP contribution in [-0.4, -0.2) is 0 Å². The van der Waals surface area contributed by atoms with E-state index in [1.54, 1.807) is 0 Å². The van der Waals surface area contributed by atoms with Crippen LogP contribution in [0.2, 0.25) is 0 Å². The van der Waals surface area contributed by atoms with Crippen molar-refractivity contribution in [2.45, 2.75) is 67.2 Å². The Morgan fingerprint density at radius 1 is 1.00 bits per heavy atom. The van der Waals surface area contributed by atoms with Gasteiger partial charge >= 0.3 is 0 Å². The van der Waals surface area contributed by atoms with Crippen LogP contribution in [0.3, 0.4) is 0 Å².